The largest absolute Gasteiger partial charge is 0.379 e. The van der Waals surface area contributed by atoms with Crippen molar-refractivity contribution in [1.82, 2.24) is 19.7 Å². The van der Waals surface area contributed by atoms with Gasteiger partial charge in [-0.2, -0.15) is 5.10 Å². The van der Waals surface area contributed by atoms with Crippen LogP contribution >= 0.6 is 23.6 Å². The van der Waals surface area contributed by atoms with Crippen LogP contribution in [0.25, 0.3) is 10.7 Å². The molecule has 0 spiro atoms. The SMILES string of the molecule is CC(C(=O)Nc1cccc(CN2CCOCC2)c1)n1c(-c2cccs2)n[nH]c1=S. The van der Waals surface area contributed by atoms with E-state index < -0.39 is 6.04 Å². The molecule has 7 nitrogen and oxygen atoms in total. The minimum absolute atomic E-state index is 0.135. The maximum absolute atomic E-state index is 12.9. The predicted octanol–water partition coefficient (Wildman–Crippen LogP) is 3.70. The van der Waals surface area contributed by atoms with Gasteiger partial charge in [0.15, 0.2) is 10.6 Å². The van der Waals surface area contributed by atoms with Gasteiger partial charge >= 0.3 is 0 Å². The molecule has 1 aromatic carbocycles. The first-order chi connectivity index (χ1) is 14.1. The molecule has 152 valence electrons. The van der Waals surface area contributed by atoms with Gasteiger partial charge in [0.25, 0.3) is 0 Å². The molecular weight excluding hydrogens is 406 g/mol. The van der Waals surface area contributed by atoms with Crippen molar-refractivity contribution < 1.29 is 9.53 Å². The fraction of sp³-hybridized carbons (Fsp3) is 0.350. The number of H-pyrrole nitrogens is 1. The molecule has 9 heteroatoms. The lowest BCUT2D eigenvalue weighted by Gasteiger charge is -2.26. The van der Waals surface area contributed by atoms with Gasteiger partial charge in [0.05, 0.1) is 18.1 Å². The number of rotatable bonds is 6. The highest BCUT2D eigenvalue weighted by atomic mass is 32.1. The van der Waals surface area contributed by atoms with Crippen LogP contribution in [-0.4, -0.2) is 51.9 Å². The summed E-state index contributed by atoms with van der Waals surface area (Å²) < 4.78 is 7.59. The number of carbonyl (C=O) groups is 1. The lowest BCUT2D eigenvalue weighted by Crippen LogP contribution is -2.35. The van der Waals surface area contributed by atoms with Gasteiger partial charge in [-0.3, -0.25) is 19.4 Å². The van der Waals surface area contributed by atoms with Crippen LogP contribution in [0.3, 0.4) is 0 Å². The van der Waals surface area contributed by atoms with Crippen LogP contribution in [0.2, 0.25) is 0 Å². The summed E-state index contributed by atoms with van der Waals surface area (Å²) in [5.74, 6) is 0.539. The third kappa shape index (κ3) is 4.64. The van der Waals surface area contributed by atoms with Gasteiger partial charge in [0.2, 0.25) is 5.91 Å². The van der Waals surface area contributed by atoms with Crippen LogP contribution < -0.4 is 5.32 Å². The standard InChI is InChI=1S/C20H23N5O2S2/c1-14(25-18(22-23-20(25)28)17-6-3-11-29-17)19(26)21-16-5-2-4-15(12-16)13-24-7-9-27-10-8-24/h2-6,11-12,14H,7-10,13H2,1H3,(H,21,26)(H,23,28). The van der Waals surface area contributed by atoms with E-state index >= 15 is 0 Å². The second kappa shape index (κ2) is 9.00. The molecule has 1 saturated heterocycles. The highest BCUT2D eigenvalue weighted by Crippen LogP contribution is 2.26. The number of hydrogen-bond acceptors (Lipinski definition) is 6. The van der Waals surface area contributed by atoms with E-state index in [2.05, 4.69) is 26.5 Å². The van der Waals surface area contributed by atoms with Crippen LogP contribution in [0.5, 0.6) is 0 Å². The Morgan fingerprint density at radius 2 is 2.17 bits per heavy atom. The zero-order chi connectivity index (χ0) is 20.2. The number of carbonyl (C=O) groups excluding carboxylic acids is 1. The molecule has 4 rings (SSSR count). The Morgan fingerprint density at radius 1 is 1.34 bits per heavy atom. The number of hydrogen-bond donors (Lipinski definition) is 2. The Balaban J connectivity index is 1.48. The number of ether oxygens (including phenoxy) is 1. The highest BCUT2D eigenvalue weighted by molar-refractivity contribution is 7.71. The average molecular weight is 430 g/mol. The number of aromatic nitrogens is 3. The number of thiophene rings is 1. The van der Waals surface area contributed by atoms with E-state index in [1.165, 1.54) is 0 Å². The Bertz CT molecular complexity index is 1020. The molecule has 1 amide bonds. The van der Waals surface area contributed by atoms with E-state index in [0.29, 0.717) is 10.6 Å². The molecule has 1 aliphatic rings. The molecule has 1 fully saturated rings. The van der Waals surface area contributed by atoms with Crippen molar-refractivity contribution in [2.45, 2.75) is 19.5 Å². The molecule has 3 aromatic rings. The van der Waals surface area contributed by atoms with Crippen molar-refractivity contribution in [2.24, 2.45) is 0 Å². The summed E-state index contributed by atoms with van der Waals surface area (Å²) in [6.07, 6.45) is 0. The molecule has 1 atom stereocenters. The van der Waals surface area contributed by atoms with Crippen molar-refractivity contribution in [1.29, 1.82) is 0 Å². The summed E-state index contributed by atoms with van der Waals surface area (Å²) in [7, 11) is 0. The first kappa shape index (κ1) is 20.0. The molecular formula is C20H23N5O2S2. The van der Waals surface area contributed by atoms with Crippen molar-refractivity contribution in [2.75, 3.05) is 31.6 Å². The second-order valence-electron chi connectivity index (χ2n) is 6.95. The van der Waals surface area contributed by atoms with Crippen molar-refractivity contribution in [3.8, 4) is 10.7 Å². The number of morpholine rings is 1. The van der Waals surface area contributed by atoms with Crippen LogP contribution in [-0.2, 0) is 16.1 Å². The van der Waals surface area contributed by atoms with Gasteiger partial charge in [-0.05, 0) is 48.3 Å². The molecule has 0 radical (unpaired) electrons. The second-order valence-corrected chi connectivity index (χ2v) is 8.29. The predicted molar refractivity (Wildman–Crippen MR) is 117 cm³/mol. The van der Waals surface area contributed by atoms with Gasteiger partial charge in [-0.25, -0.2) is 0 Å². The molecule has 1 aliphatic heterocycles. The third-order valence-corrected chi connectivity index (χ3v) is 6.07. The lowest BCUT2D eigenvalue weighted by atomic mass is 10.1. The van der Waals surface area contributed by atoms with Crippen LogP contribution in [0.4, 0.5) is 5.69 Å². The smallest absolute Gasteiger partial charge is 0.247 e. The molecule has 2 N–H and O–H groups in total. The highest BCUT2D eigenvalue weighted by Gasteiger charge is 2.21. The zero-order valence-electron chi connectivity index (χ0n) is 16.1. The number of aromatic amines is 1. The van der Waals surface area contributed by atoms with Crippen LogP contribution in [0.1, 0.15) is 18.5 Å². The normalized spacial score (nSPS) is 15.9. The number of nitrogens with one attached hydrogen (secondary N) is 2. The minimum atomic E-state index is -0.499. The molecule has 3 heterocycles. The van der Waals surface area contributed by atoms with Crippen molar-refractivity contribution in [3.63, 3.8) is 0 Å². The fourth-order valence-corrected chi connectivity index (χ4v) is 4.37. The number of amides is 1. The molecule has 2 aromatic heterocycles. The van der Waals surface area contributed by atoms with Gasteiger partial charge < -0.3 is 10.1 Å². The maximum atomic E-state index is 12.9. The third-order valence-electron chi connectivity index (χ3n) is 4.92. The van der Waals surface area contributed by atoms with E-state index in [1.54, 1.807) is 15.9 Å². The monoisotopic (exact) mass is 429 g/mol. The Kier molecular flexibility index (Phi) is 6.19. The maximum Gasteiger partial charge on any atom is 0.247 e. The van der Waals surface area contributed by atoms with Gasteiger partial charge in [-0.1, -0.05) is 18.2 Å². The fourth-order valence-electron chi connectivity index (χ4n) is 3.37. The van der Waals surface area contributed by atoms with Gasteiger partial charge in [0, 0.05) is 25.3 Å². The van der Waals surface area contributed by atoms with E-state index in [-0.39, 0.29) is 5.91 Å². The van der Waals surface area contributed by atoms with E-state index in [0.717, 1.165) is 49.0 Å². The summed E-state index contributed by atoms with van der Waals surface area (Å²) in [6, 6.07) is 11.4. The van der Waals surface area contributed by atoms with E-state index in [1.807, 2.05) is 42.6 Å². The quantitative estimate of drug-likeness (QED) is 0.585. The van der Waals surface area contributed by atoms with Gasteiger partial charge in [-0.15, -0.1) is 11.3 Å². The first-order valence-corrected chi connectivity index (χ1v) is 10.8. The topological polar surface area (TPSA) is 75.2 Å². The average Bonchev–Trinajstić information content (AvgIpc) is 3.38. The van der Waals surface area contributed by atoms with Gasteiger partial charge in [0.1, 0.15) is 6.04 Å². The number of benzene rings is 1. The Labute approximate surface area is 178 Å². The Morgan fingerprint density at radius 3 is 2.93 bits per heavy atom. The summed E-state index contributed by atoms with van der Waals surface area (Å²) in [6.45, 7) is 6.07. The molecule has 0 saturated carbocycles. The zero-order valence-corrected chi connectivity index (χ0v) is 17.8. The molecule has 0 bridgehead atoms. The van der Waals surface area contributed by atoms with Crippen LogP contribution in [0, 0.1) is 4.77 Å². The van der Waals surface area contributed by atoms with E-state index in [9.17, 15) is 4.79 Å². The summed E-state index contributed by atoms with van der Waals surface area (Å²) >= 11 is 6.93. The van der Waals surface area contributed by atoms with E-state index in [4.69, 9.17) is 17.0 Å². The number of nitrogens with zero attached hydrogens (tertiary/aromatic N) is 3. The van der Waals surface area contributed by atoms with Crippen molar-refractivity contribution >= 4 is 35.1 Å². The summed E-state index contributed by atoms with van der Waals surface area (Å²) in [4.78, 5) is 16.3. The van der Waals surface area contributed by atoms with Crippen molar-refractivity contribution in [3.05, 3.63) is 52.1 Å². The molecule has 29 heavy (non-hydrogen) atoms. The summed E-state index contributed by atoms with van der Waals surface area (Å²) in [5.41, 5.74) is 1.94. The molecule has 1 unspecified atom stereocenters. The number of anilines is 1. The first-order valence-electron chi connectivity index (χ1n) is 9.52. The minimum Gasteiger partial charge on any atom is -0.379 e. The van der Waals surface area contributed by atoms with Crippen LogP contribution in [0.15, 0.2) is 41.8 Å². The molecule has 0 aliphatic carbocycles. The summed E-state index contributed by atoms with van der Waals surface area (Å²) in [5, 5.41) is 12.1. The lowest BCUT2D eigenvalue weighted by molar-refractivity contribution is -0.118. The Hall–Kier alpha value is -2.33.